The number of hydrogen-bond donors (Lipinski definition) is 2. The lowest BCUT2D eigenvalue weighted by atomic mass is 10.1. The molecule has 1 amide bonds. The van der Waals surface area contributed by atoms with Gasteiger partial charge in [0.2, 0.25) is 15.9 Å². The average molecular weight is 431 g/mol. The van der Waals surface area contributed by atoms with Gasteiger partial charge in [-0.25, -0.2) is 13.1 Å². The maximum Gasteiger partial charge on any atom is 0.240 e. The largest absolute Gasteiger partial charge is 0.497 e. The van der Waals surface area contributed by atoms with E-state index >= 15 is 0 Å². The second-order valence-corrected chi connectivity index (χ2v) is 8.19. The van der Waals surface area contributed by atoms with E-state index in [1.165, 1.54) is 19.2 Å². The quantitative estimate of drug-likeness (QED) is 0.598. The fourth-order valence-electron chi connectivity index (χ4n) is 2.30. The average Bonchev–Trinajstić information content (AvgIpc) is 2.66. The van der Waals surface area contributed by atoms with Crippen molar-refractivity contribution in [3.8, 4) is 5.75 Å². The molecule has 0 atom stereocenters. The van der Waals surface area contributed by atoms with Crippen LogP contribution in [0.5, 0.6) is 5.75 Å². The number of rotatable bonds is 9. The van der Waals surface area contributed by atoms with Crippen molar-refractivity contribution in [1.82, 2.24) is 10.0 Å². The molecular weight excluding hydrogens is 411 g/mol. The van der Waals surface area contributed by atoms with E-state index < -0.39 is 10.0 Å². The molecular formula is C18H20Cl2N2O4S. The van der Waals surface area contributed by atoms with Crippen molar-refractivity contribution in [2.75, 3.05) is 20.2 Å². The van der Waals surface area contributed by atoms with Crippen molar-refractivity contribution in [2.24, 2.45) is 0 Å². The molecule has 0 aliphatic heterocycles. The molecule has 0 radical (unpaired) electrons. The maximum absolute atomic E-state index is 12.2. The van der Waals surface area contributed by atoms with Gasteiger partial charge in [-0.1, -0.05) is 35.3 Å². The fourth-order valence-corrected chi connectivity index (χ4v) is 3.75. The maximum atomic E-state index is 12.2. The highest BCUT2D eigenvalue weighted by Gasteiger charge is 2.13. The molecule has 0 spiro atoms. The van der Waals surface area contributed by atoms with Gasteiger partial charge in [-0.05, 0) is 42.3 Å². The number of hydrogen-bond acceptors (Lipinski definition) is 4. The lowest BCUT2D eigenvalue weighted by Crippen LogP contribution is -2.34. The number of benzene rings is 2. The predicted octanol–water partition coefficient (Wildman–Crippen LogP) is 3.03. The third kappa shape index (κ3) is 6.39. The number of ether oxygens (including phenoxy) is 1. The van der Waals surface area contributed by atoms with E-state index in [0.29, 0.717) is 22.2 Å². The molecule has 146 valence electrons. The Labute approximate surface area is 168 Å². The van der Waals surface area contributed by atoms with E-state index in [0.717, 1.165) is 5.56 Å². The summed E-state index contributed by atoms with van der Waals surface area (Å²) < 4.78 is 31.8. The first-order chi connectivity index (χ1) is 12.8. The van der Waals surface area contributed by atoms with Gasteiger partial charge in [-0.3, -0.25) is 4.79 Å². The number of aryl methyl sites for hydroxylation is 1. The van der Waals surface area contributed by atoms with Crippen LogP contribution in [0.3, 0.4) is 0 Å². The smallest absolute Gasteiger partial charge is 0.240 e. The van der Waals surface area contributed by atoms with Crippen molar-refractivity contribution in [3.63, 3.8) is 0 Å². The molecule has 0 bridgehead atoms. The minimum Gasteiger partial charge on any atom is -0.497 e. The fraction of sp³-hybridized carbons (Fsp3) is 0.278. The van der Waals surface area contributed by atoms with E-state index in [9.17, 15) is 13.2 Å². The number of amides is 1. The summed E-state index contributed by atoms with van der Waals surface area (Å²) >= 11 is 12.0. The predicted molar refractivity (Wildman–Crippen MR) is 106 cm³/mol. The van der Waals surface area contributed by atoms with E-state index in [1.807, 2.05) is 6.07 Å². The van der Waals surface area contributed by atoms with Gasteiger partial charge in [0.05, 0.1) is 22.1 Å². The van der Waals surface area contributed by atoms with E-state index in [1.54, 1.807) is 24.3 Å². The number of nitrogens with one attached hydrogen (secondary N) is 2. The molecule has 0 aliphatic carbocycles. The third-order valence-corrected chi connectivity index (χ3v) is 6.10. The van der Waals surface area contributed by atoms with Gasteiger partial charge in [-0.2, -0.15) is 0 Å². The molecule has 27 heavy (non-hydrogen) atoms. The van der Waals surface area contributed by atoms with Crippen LogP contribution in [0.2, 0.25) is 10.0 Å². The molecule has 2 aromatic rings. The minimum atomic E-state index is -3.64. The molecule has 0 saturated carbocycles. The van der Waals surface area contributed by atoms with Gasteiger partial charge in [0.25, 0.3) is 0 Å². The second kappa shape index (κ2) is 9.94. The highest BCUT2D eigenvalue weighted by Crippen LogP contribution is 2.26. The molecule has 0 aromatic heterocycles. The number of halogens is 2. The third-order valence-electron chi connectivity index (χ3n) is 3.76. The standard InChI is InChI=1S/C18H20Cl2N2O4S/c1-26-14-6-8-15(9-7-14)27(24,25)22-12-11-21-17(23)10-5-13-3-2-4-16(19)18(13)20/h2-4,6-9,22H,5,10-12H2,1H3,(H,21,23). The minimum absolute atomic E-state index is 0.0814. The van der Waals surface area contributed by atoms with Crippen LogP contribution in [0.25, 0.3) is 0 Å². The summed E-state index contributed by atoms with van der Waals surface area (Å²) in [5.74, 6) is 0.371. The van der Waals surface area contributed by atoms with Crippen LogP contribution in [0.15, 0.2) is 47.4 Å². The first-order valence-electron chi connectivity index (χ1n) is 8.17. The normalized spacial score (nSPS) is 11.2. The first kappa shape index (κ1) is 21.5. The summed E-state index contributed by atoms with van der Waals surface area (Å²) in [5.41, 5.74) is 0.791. The van der Waals surface area contributed by atoms with Gasteiger partial charge in [-0.15, -0.1) is 0 Å². The zero-order valence-electron chi connectivity index (χ0n) is 14.7. The van der Waals surface area contributed by atoms with Crippen LogP contribution in [-0.4, -0.2) is 34.5 Å². The molecule has 0 saturated heterocycles. The summed E-state index contributed by atoms with van der Waals surface area (Å²) in [6, 6.07) is 11.3. The lowest BCUT2D eigenvalue weighted by molar-refractivity contribution is -0.121. The summed E-state index contributed by atoms with van der Waals surface area (Å²) in [7, 11) is -2.13. The van der Waals surface area contributed by atoms with E-state index in [2.05, 4.69) is 10.0 Å². The van der Waals surface area contributed by atoms with Crippen molar-refractivity contribution in [2.45, 2.75) is 17.7 Å². The van der Waals surface area contributed by atoms with E-state index in [-0.39, 0.29) is 30.3 Å². The zero-order chi connectivity index (χ0) is 19.9. The summed E-state index contributed by atoms with van der Waals surface area (Å²) in [5, 5.41) is 3.56. The van der Waals surface area contributed by atoms with Gasteiger partial charge < -0.3 is 10.1 Å². The molecule has 2 N–H and O–H groups in total. The van der Waals surface area contributed by atoms with Crippen LogP contribution in [0.1, 0.15) is 12.0 Å². The number of carbonyl (C=O) groups excluding carboxylic acids is 1. The summed E-state index contributed by atoms with van der Waals surface area (Å²) in [6.07, 6.45) is 0.675. The molecule has 9 heteroatoms. The van der Waals surface area contributed by atoms with E-state index in [4.69, 9.17) is 27.9 Å². The number of sulfonamides is 1. The topological polar surface area (TPSA) is 84.5 Å². The SMILES string of the molecule is COc1ccc(S(=O)(=O)NCCNC(=O)CCc2cccc(Cl)c2Cl)cc1. The Balaban J connectivity index is 1.75. The van der Waals surface area contributed by atoms with Gasteiger partial charge in [0.15, 0.2) is 0 Å². The number of methoxy groups -OCH3 is 1. The van der Waals surface area contributed by atoms with Gasteiger partial charge >= 0.3 is 0 Å². The van der Waals surface area contributed by atoms with Crippen molar-refractivity contribution >= 4 is 39.1 Å². The summed E-state index contributed by atoms with van der Waals surface area (Å²) in [4.78, 5) is 12.0. The molecule has 0 fully saturated rings. The first-order valence-corrected chi connectivity index (χ1v) is 10.4. The Morgan fingerprint density at radius 3 is 2.44 bits per heavy atom. The van der Waals surface area contributed by atoms with Crippen molar-refractivity contribution < 1.29 is 17.9 Å². The Morgan fingerprint density at radius 2 is 1.78 bits per heavy atom. The molecule has 0 heterocycles. The second-order valence-electron chi connectivity index (χ2n) is 5.64. The Hall–Kier alpha value is -1.80. The highest BCUT2D eigenvalue weighted by atomic mass is 35.5. The molecule has 0 aliphatic rings. The van der Waals surface area contributed by atoms with Crippen LogP contribution >= 0.6 is 23.2 Å². The van der Waals surface area contributed by atoms with Crippen LogP contribution < -0.4 is 14.8 Å². The highest BCUT2D eigenvalue weighted by molar-refractivity contribution is 7.89. The van der Waals surface area contributed by atoms with Crippen molar-refractivity contribution in [3.05, 3.63) is 58.1 Å². The monoisotopic (exact) mass is 430 g/mol. The Morgan fingerprint density at radius 1 is 1.07 bits per heavy atom. The zero-order valence-corrected chi connectivity index (χ0v) is 17.0. The lowest BCUT2D eigenvalue weighted by Gasteiger charge is -2.09. The van der Waals surface area contributed by atoms with Crippen molar-refractivity contribution in [1.29, 1.82) is 0 Å². The Bertz CT molecular complexity index is 887. The van der Waals surface area contributed by atoms with Gasteiger partial charge in [0.1, 0.15) is 5.75 Å². The molecule has 6 nitrogen and oxygen atoms in total. The number of carbonyl (C=O) groups is 1. The molecule has 0 unspecified atom stereocenters. The van der Waals surface area contributed by atoms with Crippen LogP contribution in [0, 0.1) is 0 Å². The molecule has 2 aromatic carbocycles. The summed E-state index contributed by atoms with van der Waals surface area (Å²) in [6.45, 7) is 0.259. The Kier molecular flexibility index (Phi) is 7.91. The molecule has 2 rings (SSSR count). The van der Waals surface area contributed by atoms with Crippen LogP contribution in [-0.2, 0) is 21.2 Å². The van der Waals surface area contributed by atoms with Gasteiger partial charge in [0, 0.05) is 19.5 Å². The van der Waals surface area contributed by atoms with Crippen LogP contribution in [0.4, 0.5) is 0 Å².